The lowest BCUT2D eigenvalue weighted by Gasteiger charge is -2.23. The van der Waals surface area contributed by atoms with Crippen molar-refractivity contribution in [2.75, 3.05) is 0 Å². The van der Waals surface area contributed by atoms with Gasteiger partial charge in [-0.1, -0.05) is 69.6 Å². The molecule has 3 aromatic carbocycles. The minimum Gasteiger partial charge on any atom is -0.386 e. The van der Waals surface area contributed by atoms with Crippen LogP contribution in [0.25, 0.3) is 0 Å². The van der Waals surface area contributed by atoms with Gasteiger partial charge in [0.05, 0.1) is 30.1 Å². The topological polar surface area (TPSA) is 44.8 Å². The zero-order valence-corrected chi connectivity index (χ0v) is 22.2. The predicted octanol–water partition coefficient (Wildman–Crippen LogP) is 10.2. The van der Waals surface area contributed by atoms with Crippen LogP contribution in [0, 0.1) is 20.8 Å². The van der Waals surface area contributed by atoms with Crippen LogP contribution in [0.3, 0.4) is 0 Å². The van der Waals surface area contributed by atoms with Crippen molar-refractivity contribution in [3.05, 3.63) is 83.2 Å². The molecule has 0 atom stereocenters. The van der Waals surface area contributed by atoms with Gasteiger partial charge in [0.15, 0.2) is 0 Å². The van der Waals surface area contributed by atoms with E-state index in [1.54, 1.807) is 20.8 Å². The van der Waals surface area contributed by atoms with Crippen molar-refractivity contribution in [3.8, 4) is 17.2 Å². The van der Waals surface area contributed by atoms with E-state index in [9.17, 15) is 4.57 Å². The summed E-state index contributed by atoms with van der Waals surface area (Å²) in [6, 6.07) is 9.03. The van der Waals surface area contributed by atoms with Crippen LogP contribution in [0.1, 0.15) is 16.7 Å². The SMILES string of the molecule is Cc1c(OP(=O)(Oc2ccc(Cl)c(Cl)c2C)Oc2ccc(Cl)c(Cl)c2C)ccc(Cl)c1Cl. The summed E-state index contributed by atoms with van der Waals surface area (Å²) in [5.41, 5.74) is 1.34. The second-order valence-electron chi connectivity index (χ2n) is 6.67. The monoisotopic (exact) mass is 572 g/mol. The van der Waals surface area contributed by atoms with Crippen molar-refractivity contribution in [2.24, 2.45) is 0 Å². The predicted molar refractivity (Wildman–Crippen MR) is 133 cm³/mol. The normalized spacial score (nSPS) is 11.4. The molecular weight excluding hydrogens is 560 g/mol. The van der Waals surface area contributed by atoms with Gasteiger partial charge in [0.1, 0.15) is 17.2 Å². The molecule has 0 radical (unpaired) electrons. The number of phosphoric acid groups is 1. The van der Waals surface area contributed by atoms with Gasteiger partial charge in [0, 0.05) is 16.7 Å². The third kappa shape index (κ3) is 5.39. The molecule has 0 N–H and O–H groups in total. The fourth-order valence-corrected chi connectivity index (χ4v) is 5.13. The first kappa shape index (κ1) is 25.6. The van der Waals surface area contributed by atoms with Gasteiger partial charge in [-0.2, -0.15) is 4.57 Å². The van der Waals surface area contributed by atoms with Crippen LogP contribution in [0.2, 0.25) is 30.1 Å². The third-order valence-electron chi connectivity index (χ3n) is 4.50. The van der Waals surface area contributed by atoms with E-state index in [1.165, 1.54) is 36.4 Å². The van der Waals surface area contributed by atoms with Gasteiger partial charge in [0.25, 0.3) is 0 Å². The van der Waals surface area contributed by atoms with E-state index in [2.05, 4.69) is 0 Å². The highest BCUT2D eigenvalue weighted by molar-refractivity contribution is 7.49. The Morgan fingerprint density at radius 2 is 0.781 bits per heavy atom. The highest BCUT2D eigenvalue weighted by Crippen LogP contribution is 2.53. The molecule has 0 aromatic heterocycles. The highest BCUT2D eigenvalue weighted by atomic mass is 35.5. The summed E-state index contributed by atoms with van der Waals surface area (Å²) in [5, 5.41) is 1.67. The smallest absolute Gasteiger partial charge is 0.386 e. The van der Waals surface area contributed by atoms with E-state index in [0.717, 1.165) is 0 Å². The average molecular weight is 575 g/mol. The molecule has 0 unspecified atom stereocenters. The number of rotatable bonds is 6. The van der Waals surface area contributed by atoms with E-state index in [-0.39, 0.29) is 32.3 Å². The van der Waals surface area contributed by atoms with Gasteiger partial charge in [0.2, 0.25) is 0 Å². The van der Waals surface area contributed by atoms with E-state index in [4.69, 9.17) is 83.2 Å². The Morgan fingerprint density at radius 1 is 0.531 bits per heavy atom. The maximum atomic E-state index is 13.9. The number of phosphoric ester groups is 1. The van der Waals surface area contributed by atoms with E-state index < -0.39 is 7.82 Å². The summed E-state index contributed by atoms with van der Waals surface area (Å²) < 4.78 is 31.1. The van der Waals surface area contributed by atoms with Crippen molar-refractivity contribution in [2.45, 2.75) is 20.8 Å². The van der Waals surface area contributed by atoms with Crippen LogP contribution in [0.4, 0.5) is 0 Å². The first-order valence-corrected chi connectivity index (χ1v) is 12.7. The molecule has 0 aliphatic rings. The second kappa shape index (κ2) is 10.1. The molecule has 0 amide bonds. The van der Waals surface area contributed by atoms with Gasteiger partial charge in [-0.15, -0.1) is 0 Å². The molecule has 32 heavy (non-hydrogen) atoms. The first-order chi connectivity index (χ1) is 14.9. The Kier molecular flexibility index (Phi) is 8.10. The van der Waals surface area contributed by atoms with Crippen molar-refractivity contribution in [3.63, 3.8) is 0 Å². The number of benzene rings is 3. The van der Waals surface area contributed by atoms with Crippen LogP contribution in [0.5, 0.6) is 17.2 Å². The number of halogens is 6. The van der Waals surface area contributed by atoms with Gasteiger partial charge >= 0.3 is 7.82 Å². The Labute approximate surface area is 215 Å². The standard InChI is InChI=1S/C21H15Cl6O4P/c1-10-16(7-4-13(22)19(10)25)29-32(28,30-17-8-5-14(23)20(26)11(17)2)31-18-9-6-15(24)21(27)12(18)3/h4-9H,1-3H3. The van der Waals surface area contributed by atoms with E-state index in [1.807, 2.05) is 0 Å². The molecule has 0 fully saturated rings. The average Bonchev–Trinajstić information content (AvgIpc) is 2.75. The quantitative estimate of drug-likeness (QED) is 0.275. The Hall–Kier alpha value is -0.970. The molecular formula is C21H15Cl6O4P. The van der Waals surface area contributed by atoms with Gasteiger partial charge < -0.3 is 13.6 Å². The molecule has 4 nitrogen and oxygen atoms in total. The summed E-state index contributed by atoms with van der Waals surface area (Å²) in [5.74, 6) is 0.453. The summed E-state index contributed by atoms with van der Waals surface area (Å²) in [7, 11) is -4.38. The molecule has 0 saturated carbocycles. The molecule has 0 aliphatic heterocycles. The lowest BCUT2D eigenvalue weighted by Crippen LogP contribution is -2.10. The van der Waals surface area contributed by atoms with Crippen LogP contribution in [0.15, 0.2) is 36.4 Å². The van der Waals surface area contributed by atoms with Gasteiger partial charge in [-0.3, -0.25) is 0 Å². The molecule has 0 heterocycles. The molecule has 170 valence electrons. The van der Waals surface area contributed by atoms with Crippen LogP contribution < -0.4 is 13.6 Å². The van der Waals surface area contributed by atoms with E-state index in [0.29, 0.717) is 31.8 Å². The largest absolute Gasteiger partial charge is 0.647 e. The lowest BCUT2D eigenvalue weighted by atomic mass is 10.2. The molecule has 0 spiro atoms. The van der Waals surface area contributed by atoms with Crippen LogP contribution >= 0.6 is 77.4 Å². The molecule has 3 rings (SSSR count). The molecule has 3 aromatic rings. The van der Waals surface area contributed by atoms with Gasteiger partial charge in [-0.25, -0.2) is 0 Å². The Morgan fingerprint density at radius 3 is 1.03 bits per heavy atom. The molecule has 0 bridgehead atoms. The van der Waals surface area contributed by atoms with Crippen molar-refractivity contribution >= 4 is 77.4 Å². The maximum absolute atomic E-state index is 13.9. The number of hydrogen-bond acceptors (Lipinski definition) is 4. The maximum Gasteiger partial charge on any atom is 0.647 e. The Bertz CT molecular complexity index is 1100. The minimum absolute atomic E-state index is 0.151. The first-order valence-electron chi connectivity index (χ1n) is 8.96. The highest BCUT2D eigenvalue weighted by Gasteiger charge is 2.36. The zero-order chi connectivity index (χ0) is 23.8. The lowest BCUT2D eigenvalue weighted by molar-refractivity contribution is 0.296. The van der Waals surface area contributed by atoms with Crippen molar-refractivity contribution in [1.82, 2.24) is 0 Å². The minimum atomic E-state index is -4.38. The van der Waals surface area contributed by atoms with Crippen LogP contribution in [-0.2, 0) is 4.57 Å². The zero-order valence-electron chi connectivity index (χ0n) is 16.8. The van der Waals surface area contributed by atoms with Crippen molar-refractivity contribution in [1.29, 1.82) is 0 Å². The Balaban J connectivity index is 2.09. The molecule has 11 heteroatoms. The van der Waals surface area contributed by atoms with Crippen molar-refractivity contribution < 1.29 is 18.1 Å². The summed E-state index contributed by atoms with van der Waals surface area (Å²) in [6.07, 6.45) is 0. The van der Waals surface area contributed by atoms with Crippen LogP contribution in [-0.4, -0.2) is 0 Å². The summed E-state index contributed by atoms with van der Waals surface area (Å²) in [6.45, 7) is 4.97. The molecule has 0 aliphatic carbocycles. The van der Waals surface area contributed by atoms with Gasteiger partial charge in [-0.05, 0) is 57.2 Å². The third-order valence-corrected chi connectivity index (χ3v) is 8.46. The fourth-order valence-electron chi connectivity index (χ4n) is 2.62. The van der Waals surface area contributed by atoms with E-state index >= 15 is 0 Å². The number of hydrogen-bond donors (Lipinski definition) is 0. The summed E-state index contributed by atoms with van der Waals surface area (Å²) in [4.78, 5) is 0. The second-order valence-corrected chi connectivity index (χ2v) is 10.5. The molecule has 0 saturated heterocycles. The summed E-state index contributed by atoms with van der Waals surface area (Å²) >= 11 is 36.8. The fraction of sp³-hybridized carbons (Fsp3) is 0.143.